The first-order valence-electron chi connectivity index (χ1n) is 9.40. The minimum Gasteiger partial charge on any atom is -0.336 e. The van der Waals surface area contributed by atoms with E-state index in [1.165, 1.54) is 0 Å². The predicted octanol–water partition coefficient (Wildman–Crippen LogP) is 2.25. The Morgan fingerprint density at radius 3 is 2.30 bits per heavy atom. The zero-order valence-electron chi connectivity index (χ0n) is 16.1. The molecule has 1 fully saturated rings. The topological polar surface area (TPSA) is 70.5 Å². The average molecular weight is 369 g/mol. The zero-order valence-corrected chi connectivity index (χ0v) is 16.1. The molecule has 1 N–H and O–H groups in total. The van der Waals surface area contributed by atoms with E-state index >= 15 is 0 Å². The number of amides is 2. The fraction of sp³-hybridized carbons (Fsp3) is 0.450. The van der Waals surface area contributed by atoms with E-state index < -0.39 is 0 Å². The van der Waals surface area contributed by atoms with Crippen LogP contribution < -0.4 is 5.32 Å². The number of nitrogens with one attached hydrogen (secondary N) is 1. The first-order chi connectivity index (χ1) is 13.0. The second-order valence-electron chi connectivity index (χ2n) is 7.11. The van der Waals surface area contributed by atoms with Crippen molar-refractivity contribution in [2.24, 2.45) is 0 Å². The SMILES string of the molecule is CC(C(=O)Nc1ccnn1C(C)C)N1CCN(C(=O)c2ccccc2)CC1. The van der Waals surface area contributed by atoms with Gasteiger partial charge in [0.05, 0.1) is 12.2 Å². The Morgan fingerprint density at radius 1 is 1.00 bits per heavy atom. The van der Waals surface area contributed by atoms with E-state index in [4.69, 9.17) is 0 Å². The maximum atomic E-state index is 12.6. The van der Waals surface area contributed by atoms with E-state index in [2.05, 4.69) is 15.3 Å². The van der Waals surface area contributed by atoms with Gasteiger partial charge in [0.1, 0.15) is 5.82 Å². The Bertz CT molecular complexity index is 779. The molecule has 7 heteroatoms. The smallest absolute Gasteiger partial charge is 0.253 e. The number of hydrogen-bond acceptors (Lipinski definition) is 4. The van der Waals surface area contributed by atoms with E-state index in [0.29, 0.717) is 37.6 Å². The molecule has 2 amide bonds. The third-order valence-electron chi connectivity index (χ3n) is 4.96. The molecule has 0 saturated carbocycles. The lowest BCUT2D eigenvalue weighted by Gasteiger charge is -2.37. The number of aromatic nitrogens is 2. The second-order valence-corrected chi connectivity index (χ2v) is 7.11. The molecule has 1 saturated heterocycles. The van der Waals surface area contributed by atoms with Gasteiger partial charge in [-0.1, -0.05) is 18.2 Å². The first-order valence-corrected chi connectivity index (χ1v) is 9.40. The highest BCUT2D eigenvalue weighted by Crippen LogP contribution is 2.15. The molecule has 1 aromatic carbocycles. The van der Waals surface area contributed by atoms with Crippen LogP contribution in [0.25, 0.3) is 0 Å². The van der Waals surface area contributed by atoms with Gasteiger partial charge < -0.3 is 10.2 Å². The lowest BCUT2D eigenvalue weighted by Crippen LogP contribution is -2.54. The Morgan fingerprint density at radius 2 is 1.67 bits per heavy atom. The molecule has 1 unspecified atom stereocenters. The Hall–Kier alpha value is -2.67. The molecule has 0 aliphatic carbocycles. The lowest BCUT2D eigenvalue weighted by atomic mass is 10.1. The number of carbonyl (C=O) groups is 2. The fourth-order valence-electron chi connectivity index (χ4n) is 3.30. The van der Waals surface area contributed by atoms with Crippen molar-refractivity contribution in [2.45, 2.75) is 32.9 Å². The van der Waals surface area contributed by atoms with Gasteiger partial charge >= 0.3 is 0 Å². The molecule has 1 atom stereocenters. The summed E-state index contributed by atoms with van der Waals surface area (Å²) in [7, 11) is 0. The molecule has 27 heavy (non-hydrogen) atoms. The Labute approximate surface area is 159 Å². The van der Waals surface area contributed by atoms with Gasteiger partial charge in [-0.05, 0) is 32.9 Å². The van der Waals surface area contributed by atoms with E-state index in [1.807, 2.05) is 56.0 Å². The highest BCUT2D eigenvalue weighted by atomic mass is 16.2. The highest BCUT2D eigenvalue weighted by molar-refractivity contribution is 5.95. The second kappa shape index (κ2) is 8.35. The van der Waals surface area contributed by atoms with Crippen LogP contribution in [0.2, 0.25) is 0 Å². The van der Waals surface area contributed by atoms with E-state index in [1.54, 1.807) is 16.9 Å². The zero-order chi connectivity index (χ0) is 19.4. The van der Waals surface area contributed by atoms with Crippen molar-refractivity contribution in [1.82, 2.24) is 19.6 Å². The average Bonchev–Trinajstić information content (AvgIpc) is 3.16. The molecule has 1 aromatic heterocycles. The van der Waals surface area contributed by atoms with Crippen molar-refractivity contribution < 1.29 is 9.59 Å². The maximum Gasteiger partial charge on any atom is 0.253 e. The molecular formula is C20H27N5O2. The fourth-order valence-corrected chi connectivity index (χ4v) is 3.30. The maximum absolute atomic E-state index is 12.6. The number of rotatable bonds is 5. The van der Waals surface area contributed by atoms with Crippen LogP contribution in [0, 0.1) is 0 Å². The number of nitrogens with zero attached hydrogens (tertiary/aromatic N) is 4. The first kappa shape index (κ1) is 19.1. The van der Waals surface area contributed by atoms with E-state index in [-0.39, 0.29) is 23.9 Å². The summed E-state index contributed by atoms with van der Waals surface area (Å²) in [6.45, 7) is 8.54. The molecular weight excluding hydrogens is 342 g/mol. The van der Waals surface area contributed by atoms with Crippen LogP contribution in [0.15, 0.2) is 42.6 Å². The summed E-state index contributed by atoms with van der Waals surface area (Å²) < 4.78 is 1.79. The number of carbonyl (C=O) groups excluding carboxylic acids is 2. The molecule has 0 bridgehead atoms. The molecule has 7 nitrogen and oxygen atoms in total. The number of anilines is 1. The summed E-state index contributed by atoms with van der Waals surface area (Å²) in [5.74, 6) is 0.702. The molecule has 2 aromatic rings. The lowest BCUT2D eigenvalue weighted by molar-refractivity contribution is -0.121. The summed E-state index contributed by atoms with van der Waals surface area (Å²) in [6.07, 6.45) is 1.69. The third kappa shape index (κ3) is 4.36. The van der Waals surface area contributed by atoms with Crippen molar-refractivity contribution in [3.05, 3.63) is 48.2 Å². The van der Waals surface area contributed by atoms with Gasteiger partial charge in [-0.15, -0.1) is 0 Å². The van der Waals surface area contributed by atoms with Gasteiger partial charge in [0.25, 0.3) is 5.91 Å². The Kier molecular flexibility index (Phi) is 5.91. The molecule has 3 rings (SSSR count). The van der Waals surface area contributed by atoms with Gasteiger partial charge in [-0.2, -0.15) is 5.10 Å². The van der Waals surface area contributed by atoms with Gasteiger partial charge in [0.15, 0.2) is 0 Å². The largest absolute Gasteiger partial charge is 0.336 e. The molecule has 1 aliphatic heterocycles. The molecule has 0 radical (unpaired) electrons. The summed E-state index contributed by atoms with van der Waals surface area (Å²) >= 11 is 0. The molecule has 2 heterocycles. The standard InChI is InChI=1S/C20H27N5O2/c1-15(2)25-18(9-10-21-25)22-19(26)16(3)23-11-13-24(14-12-23)20(27)17-7-5-4-6-8-17/h4-10,15-16H,11-14H2,1-3H3,(H,22,26). The third-order valence-corrected chi connectivity index (χ3v) is 4.96. The van der Waals surface area contributed by atoms with E-state index in [9.17, 15) is 9.59 Å². The highest BCUT2D eigenvalue weighted by Gasteiger charge is 2.28. The van der Waals surface area contributed by atoms with Crippen LogP contribution in [0.5, 0.6) is 0 Å². The summed E-state index contributed by atoms with van der Waals surface area (Å²) in [5.41, 5.74) is 0.707. The Balaban J connectivity index is 1.55. The van der Waals surface area contributed by atoms with Crippen molar-refractivity contribution in [3.63, 3.8) is 0 Å². The van der Waals surface area contributed by atoms with Crippen LogP contribution in [-0.4, -0.2) is 63.6 Å². The van der Waals surface area contributed by atoms with E-state index in [0.717, 1.165) is 0 Å². The van der Waals surface area contributed by atoms with Crippen LogP contribution in [0.4, 0.5) is 5.82 Å². The molecule has 0 spiro atoms. The van der Waals surface area contributed by atoms with Crippen LogP contribution >= 0.6 is 0 Å². The summed E-state index contributed by atoms with van der Waals surface area (Å²) in [6, 6.07) is 11.0. The van der Waals surface area contributed by atoms with Gasteiger partial charge in [0, 0.05) is 43.9 Å². The predicted molar refractivity (Wildman–Crippen MR) is 105 cm³/mol. The monoisotopic (exact) mass is 369 g/mol. The van der Waals surface area contributed by atoms with Crippen LogP contribution in [0.1, 0.15) is 37.2 Å². The molecule has 1 aliphatic rings. The van der Waals surface area contributed by atoms with Crippen LogP contribution in [-0.2, 0) is 4.79 Å². The van der Waals surface area contributed by atoms with Gasteiger partial charge in [-0.3, -0.25) is 14.5 Å². The van der Waals surface area contributed by atoms with Crippen molar-refractivity contribution in [2.75, 3.05) is 31.5 Å². The van der Waals surface area contributed by atoms with Gasteiger partial charge in [0.2, 0.25) is 5.91 Å². The number of hydrogen-bond donors (Lipinski definition) is 1. The minimum atomic E-state index is -0.269. The normalized spacial score (nSPS) is 16.4. The quantitative estimate of drug-likeness (QED) is 0.878. The van der Waals surface area contributed by atoms with Crippen molar-refractivity contribution in [3.8, 4) is 0 Å². The van der Waals surface area contributed by atoms with Crippen molar-refractivity contribution in [1.29, 1.82) is 0 Å². The summed E-state index contributed by atoms with van der Waals surface area (Å²) in [5, 5.41) is 7.21. The summed E-state index contributed by atoms with van der Waals surface area (Å²) in [4.78, 5) is 29.2. The number of benzene rings is 1. The number of piperazine rings is 1. The van der Waals surface area contributed by atoms with Gasteiger partial charge in [-0.25, -0.2) is 4.68 Å². The minimum absolute atomic E-state index is 0.0492. The molecule has 144 valence electrons. The van der Waals surface area contributed by atoms with Crippen molar-refractivity contribution >= 4 is 17.6 Å². The van der Waals surface area contributed by atoms with Crippen LogP contribution in [0.3, 0.4) is 0 Å².